The van der Waals surface area contributed by atoms with Gasteiger partial charge < -0.3 is 20.4 Å². The molecule has 0 fully saturated rings. The number of hydrogen-bond acceptors (Lipinski definition) is 8. The van der Waals surface area contributed by atoms with Crippen molar-refractivity contribution in [2.75, 3.05) is 0 Å². The molecule has 0 aromatic rings. The van der Waals surface area contributed by atoms with E-state index in [2.05, 4.69) is 0 Å². The Hall–Kier alpha value is -1.30. The van der Waals surface area contributed by atoms with E-state index >= 15 is 0 Å². The molecule has 0 aromatic carbocycles. The highest BCUT2D eigenvalue weighted by Gasteiger charge is 2.29. The fraction of sp³-hybridized carbons (Fsp3) is 0.500. The number of carboxylic acids is 2. The molecule has 0 spiro atoms. The number of aliphatic carboxylic acids is 2. The third-order valence-electron chi connectivity index (χ3n) is 0.805. The van der Waals surface area contributed by atoms with Crippen LogP contribution in [0.5, 0.6) is 0 Å². The van der Waals surface area contributed by atoms with Crippen LogP contribution in [0.4, 0.5) is 0 Å². The summed E-state index contributed by atoms with van der Waals surface area (Å²) in [5.41, 5.74) is 0. The summed E-state index contributed by atoms with van der Waals surface area (Å²) in [6.45, 7) is 0. The van der Waals surface area contributed by atoms with Crippen molar-refractivity contribution >= 4 is 11.9 Å². The smallest absolute Gasteiger partial charge is 0.335 e. The molecular formula is C4H10O10. The molecule has 0 aliphatic rings. The zero-order valence-corrected chi connectivity index (χ0v) is 6.55. The first-order valence-corrected chi connectivity index (χ1v) is 2.68. The molecule has 10 nitrogen and oxygen atoms in total. The third-order valence-corrected chi connectivity index (χ3v) is 0.805. The van der Waals surface area contributed by atoms with Gasteiger partial charge in [-0.2, -0.15) is 0 Å². The van der Waals surface area contributed by atoms with Crippen LogP contribution in [-0.4, -0.2) is 65.6 Å². The Kier molecular flexibility index (Phi) is 15.4. The first-order valence-electron chi connectivity index (χ1n) is 2.68. The lowest BCUT2D eigenvalue weighted by Gasteiger charge is -2.07. The average molecular weight is 218 g/mol. The van der Waals surface area contributed by atoms with Crippen LogP contribution in [0, 0.1) is 0 Å². The highest BCUT2D eigenvalue weighted by molar-refractivity contribution is 5.82. The first kappa shape index (κ1) is 18.5. The van der Waals surface area contributed by atoms with E-state index in [1.807, 2.05) is 0 Å². The van der Waals surface area contributed by atoms with Crippen molar-refractivity contribution in [2.24, 2.45) is 0 Å². The fourth-order valence-electron chi connectivity index (χ4n) is 0.270. The van der Waals surface area contributed by atoms with Crippen LogP contribution in [0.2, 0.25) is 0 Å². The van der Waals surface area contributed by atoms with Gasteiger partial charge in [0.2, 0.25) is 0 Å². The summed E-state index contributed by atoms with van der Waals surface area (Å²) in [6, 6.07) is 0. The summed E-state index contributed by atoms with van der Waals surface area (Å²) in [7, 11) is 0. The molecule has 0 radical (unpaired) electrons. The van der Waals surface area contributed by atoms with Crippen molar-refractivity contribution in [1.82, 2.24) is 0 Å². The van der Waals surface area contributed by atoms with Crippen molar-refractivity contribution in [3.8, 4) is 0 Å². The summed E-state index contributed by atoms with van der Waals surface area (Å²) >= 11 is 0. The van der Waals surface area contributed by atoms with E-state index in [1.165, 1.54) is 0 Å². The Morgan fingerprint density at radius 2 is 0.857 bits per heavy atom. The minimum atomic E-state index is -2.27. The SMILES string of the molecule is O=C(O)C(O)C(O)C(=O)O.OO.OO. The van der Waals surface area contributed by atoms with Crippen molar-refractivity contribution in [3.05, 3.63) is 0 Å². The summed E-state index contributed by atoms with van der Waals surface area (Å²) in [5.74, 6) is -3.54. The molecule has 0 rings (SSSR count). The topological polar surface area (TPSA) is 196 Å². The second-order valence-electron chi connectivity index (χ2n) is 1.57. The second-order valence-corrected chi connectivity index (χ2v) is 1.57. The average Bonchev–Trinajstić information content (AvgIpc) is 2.21. The number of aliphatic hydroxyl groups excluding tert-OH is 2. The summed E-state index contributed by atoms with van der Waals surface area (Å²) in [5, 5.41) is 56.5. The van der Waals surface area contributed by atoms with E-state index in [0.29, 0.717) is 0 Å². The predicted molar refractivity (Wildman–Crippen MR) is 37.8 cm³/mol. The second kappa shape index (κ2) is 11.7. The van der Waals surface area contributed by atoms with Gasteiger partial charge in [0.05, 0.1) is 0 Å². The van der Waals surface area contributed by atoms with Gasteiger partial charge in [0.25, 0.3) is 0 Å². The fourth-order valence-corrected chi connectivity index (χ4v) is 0.270. The number of carboxylic acid groups (broad SMARTS) is 2. The molecule has 8 N–H and O–H groups in total. The van der Waals surface area contributed by atoms with Gasteiger partial charge in [-0.15, -0.1) is 0 Å². The van der Waals surface area contributed by atoms with Gasteiger partial charge in [0.15, 0.2) is 12.2 Å². The van der Waals surface area contributed by atoms with Crippen LogP contribution in [0.3, 0.4) is 0 Å². The first-order chi connectivity index (χ1) is 6.46. The molecule has 0 heterocycles. The molecule has 0 aliphatic carbocycles. The van der Waals surface area contributed by atoms with Crippen LogP contribution in [0.1, 0.15) is 0 Å². The summed E-state index contributed by atoms with van der Waals surface area (Å²) in [4.78, 5) is 19.5. The van der Waals surface area contributed by atoms with Crippen molar-refractivity contribution in [3.63, 3.8) is 0 Å². The quantitative estimate of drug-likeness (QED) is 0.192. The van der Waals surface area contributed by atoms with E-state index in [1.54, 1.807) is 0 Å². The third kappa shape index (κ3) is 8.79. The van der Waals surface area contributed by atoms with Crippen molar-refractivity contribution in [1.29, 1.82) is 0 Å². The van der Waals surface area contributed by atoms with Gasteiger partial charge >= 0.3 is 11.9 Å². The van der Waals surface area contributed by atoms with E-state index in [4.69, 9.17) is 41.5 Å². The maximum Gasteiger partial charge on any atom is 0.335 e. The lowest BCUT2D eigenvalue weighted by atomic mass is 10.2. The van der Waals surface area contributed by atoms with Gasteiger partial charge in [0.1, 0.15) is 0 Å². The highest BCUT2D eigenvalue weighted by Crippen LogP contribution is 1.92. The van der Waals surface area contributed by atoms with Crippen LogP contribution in [0.25, 0.3) is 0 Å². The number of hydrogen-bond donors (Lipinski definition) is 8. The Bertz CT molecular complexity index is 136. The molecular weight excluding hydrogens is 208 g/mol. The Labute approximate surface area is 76.4 Å². The number of rotatable bonds is 3. The van der Waals surface area contributed by atoms with E-state index in [-0.39, 0.29) is 0 Å². The molecule has 0 amide bonds. The van der Waals surface area contributed by atoms with Gasteiger partial charge in [-0.05, 0) is 0 Å². The van der Waals surface area contributed by atoms with Gasteiger partial charge in [0, 0.05) is 0 Å². The summed E-state index contributed by atoms with van der Waals surface area (Å²) in [6.07, 6.45) is -4.53. The molecule has 10 heteroatoms. The Morgan fingerprint density at radius 3 is 0.929 bits per heavy atom. The zero-order chi connectivity index (χ0) is 12.3. The minimum absolute atomic E-state index is 1.77. The highest BCUT2D eigenvalue weighted by atomic mass is 17.0. The summed E-state index contributed by atoms with van der Waals surface area (Å²) < 4.78 is 0. The number of carbonyl (C=O) groups is 2. The van der Waals surface area contributed by atoms with E-state index < -0.39 is 24.1 Å². The molecule has 0 bridgehead atoms. The van der Waals surface area contributed by atoms with Crippen LogP contribution >= 0.6 is 0 Å². The van der Waals surface area contributed by atoms with Gasteiger partial charge in [-0.25, -0.2) is 9.59 Å². The van der Waals surface area contributed by atoms with Gasteiger partial charge in [-0.3, -0.25) is 21.0 Å². The molecule has 0 aliphatic heterocycles. The van der Waals surface area contributed by atoms with Crippen LogP contribution in [-0.2, 0) is 9.59 Å². The molecule has 2 atom stereocenters. The van der Waals surface area contributed by atoms with Crippen LogP contribution < -0.4 is 0 Å². The largest absolute Gasteiger partial charge is 0.479 e. The Balaban J connectivity index is -0.000000266. The monoisotopic (exact) mass is 218 g/mol. The number of aliphatic hydroxyl groups is 2. The maximum atomic E-state index is 9.77. The molecule has 0 saturated carbocycles. The molecule has 0 saturated heterocycles. The maximum absolute atomic E-state index is 9.77. The normalized spacial score (nSPS) is 12.1. The van der Waals surface area contributed by atoms with Crippen LogP contribution in [0.15, 0.2) is 0 Å². The van der Waals surface area contributed by atoms with Gasteiger partial charge in [-0.1, -0.05) is 0 Å². The lowest BCUT2D eigenvalue weighted by Crippen LogP contribution is -2.39. The van der Waals surface area contributed by atoms with Crippen molar-refractivity contribution in [2.45, 2.75) is 12.2 Å². The molecule has 2 unspecified atom stereocenters. The van der Waals surface area contributed by atoms with E-state index in [9.17, 15) is 9.59 Å². The minimum Gasteiger partial charge on any atom is -0.479 e. The standard InChI is InChI=1S/C4H6O6.2H2O2/c5-1(3(7)8)2(6)4(9)10;2*1-2/h1-2,5-6H,(H,7,8)(H,9,10);2*1-2H. The lowest BCUT2D eigenvalue weighted by molar-refractivity contribution is -0.176. The van der Waals surface area contributed by atoms with E-state index in [0.717, 1.165) is 0 Å². The Morgan fingerprint density at radius 1 is 0.714 bits per heavy atom. The van der Waals surface area contributed by atoms with Crippen molar-refractivity contribution < 1.29 is 51.0 Å². The molecule has 14 heavy (non-hydrogen) atoms. The zero-order valence-electron chi connectivity index (χ0n) is 6.55. The molecule has 86 valence electrons. The molecule has 0 aromatic heterocycles. The predicted octanol–water partition coefficient (Wildman–Crippen LogP) is -2.09.